The summed E-state index contributed by atoms with van der Waals surface area (Å²) in [6, 6.07) is 0.338. The molecule has 0 bridgehead atoms. The molecule has 1 aliphatic heterocycles. The molecule has 3 rings (SSSR count). The van der Waals surface area contributed by atoms with Crippen LogP contribution in [-0.4, -0.2) is 34.2 Å². The highest BCUT2D eigenvalue weighted by atomic mass is 16.5. The van der Waals surface area contributed by atoms with E-state index in [1.165, 1.54) is 12.8 Å². The molecule has 2 fully saturated rings. The molecular weight excluding hydrogens is 180 g/mol. The highest BCUT2D eigenvalue weighted by molar-refractivity contribution is 5.02. The van der Waals surface area contributed by atoms with Crippen molar-refractivity contribution in [2.75, 3.05) is 13.1 Å². The van der Waals surface area contributed by atoms with Gasteiger partial charge in [-0.3, -0.25) is 4.90 Å². The first-order valence-corrected chi connectivity index (χ1v) is 5.11. The van der Waals surface area contributed by atoms with Crippen molar-refractivity contribution in [2.24, 2.45) is 5.73 Å². The predicted octanol–water partition coefficient (Wildman–Crippen LogP) is 0.0899. The smallest absolute Gasteiger partial charge is 0.229 e. The van der Waals surface area contributed by atoms with Crippen LogP contribution in [0.3, 0.4) is 0 Å². The van der Waals surface area contributed by atoms with Crippen LogP contribution in [0.15, 0.2) is 4.52 Å². The van der Waals surface area contributed by atoms with Gasteiger partial charge in [-0.05, 0) is 12.8 Å². The SMILES string of the molecule is NC1CN(Cc2noc(C3CC3)n2)C1. The van der Waals surface area contributed by atoms with Gasteiger partial charge in [-0.1, -0.05) is 5.16 Å². The summed E-state index contributed by atoms with van der Waals surface area (Å²) < 4.78 is 5.17. The maximum absolute atomic E-state index is 5.68. The second-order valence-corrected chi connectivity index (χ2v) is 4.28. The second kappa shape index (κ2) is 3.03. The first-order valence-electron chi connectivity index (χ1n) is 5.11. The Morgan fingerprint density at radius 1 is 1.43 bits per heavy atom. The minimum atomic E-state index is 0.338. The Hall–Kier alpha value is -0.940. The number of nitrogens with zero attached hydrogens (tertiary/aromatic N) is 3. The molecule has 2 N–H and O–H groups in total. The molecule has 1 aliphatic carbocycles. The molecule has 2 heterocycles. The molecule has 1 saturated carbocycles. The molecule has 0 spiro atoms. The molecule has 0 atom stereocenters. The zero-order chi connectivity index (χ0) is 9.54. The van der Waals surface area contributed by atoms with Gasteiger partial charge >= 0.3 is 0 Å². The van der Waals surface area contributed by atoms with E-state index >= 15 is 0 Å². The summed E-state index contributed by atoms with van der Waals surface area (Å²) in [6.45, 7) is 2.69. The zero-order valence-corrected chi connectivity index (χ0v) is 8.02. The van der Waals surface area contributed by atoms with Gasteiger partial charge in [-0.15, -0.1) is 0 Å². The third kappa shape index (κ3) is 1.53. The lowest BCUT2D eigenvalue weighted by molar-refractivity contribution is 0.137. The van der Waals surface area contributed by atoms with Crippen LogP contribution in [-0.2, 0) is 6.54 Å². The van der Waals surface area contributed by atoms with Crippen LogP contribution < -0.4 is 5.73 Å². The molecule has 0 aromatic carbocycles. The van der Waals surface area contributed by atoms with Gasteiger partial charge in [0.2, 0.25) is 5.89 Å². The number of hydrogen-bond donors (Lipinski definition) is 1. The van der Waals surface area contributed by atoms with Crippen molar-refractivity contribution in [1.29, 1.82) is 0 Å². The van der Waals surface area contributed by atoms with Crippen LogP contribution in [0.4, 0.5) is 0 Å². The number of hydrogen-bond acceptors (Lipinski definition) is 5. The van der Waals surface area contributed by atoms with Gasteiger partial charge in [-0.25, -0.2) is 0 Å². The van der Waals surface area contributed by atoms with Crippen LogP contribution in [0.5, 0.6) is 0 Å². The summed E-state index contributed by atoms with van der Waals surface area (Å²) in [6.07, 6.45) is 2.41. The van der Waals surface area contributed by atoms with Crippen LogP contribution in [0.1, 0.15) is 30.5 Å². The van der Waals surface area contributed by atoms with E-state index < -0.39 is 0 Å². The van der Waals surface area contributed by atoms with E-state index in [0.29, 0.717) is 12.0 Å². The Morgan fingerprint density at radius 3 is 2.86 bits per heavy atom. The Balaban J connectivity index is 1.60. The highest BCUT2D eigenvalue weighted by Crippen LogP contribution is 2.38. The summed E-state index contributed by atoms with van der Waals surface area (Å²) in [4.78, 5) is 6.59. The summed E-state index contributed by atoms with van der Waals surface area (Å²) in [5.74, 6) is 2.18. The van der Waals surface area contributed by atoms with Gasteiger partial charge in [0.1, 0.15) is 0 Å². The Labute approximate surface area is 82.3 Å². The number of likely N-dealkylation sites (tertiary alicyclic amines) is 1. The Bertz CT molecular complexity index is 327. The fourth-order valence-electron chi connectivity index (χ4n) is 1.77. The third-order valence-corrected chi connectivity index (χ3v) is 2.76. The second-order valence-electron chi connectivity index (χ2n) is 4.28. The standard InChI is InChI=1S/C9H14N4O/c10-7-3-13(4-7)5-8-11-9(14-12-8)6-1-2-6/h6-7H,1-5,10H2. The Kier molecular flexibility index (Phi) is 1.81. The first-order chi connectivity index (χ1) is 6.81. The van der Waals surface area contributed by atoms with E-state index in [1.807, 2.05) is 0 Å². The van der Waals surface area contributed by atoms with Gasteiger partial charge < -0.3 is 10.3 Å². The number of aromatic nitrogens is 2. The molecule has 5 nitrogen and oxygen atoms in total. The highest BCUT2D eigenvalue weighted by Gasteiger charge is 2.30. The van der Waals surface area contributed by atoms with Gasteiger partial charge in [0, 0.05) is 25.0 Å². The maximum atomic E-state index is 5.68. The van der Waals surface area contributed by atoms with Crippen LogP contribution in [0.2, 0.25) is 0 Å². The first kappa shape index (κ1) is 8.38. The van der Waals surface area contributed by atoms with Crippen molar-refractivity contribution < 1.29 is 4.52 Å². The van der Waals surface area contributed by atoms with Gasteiger partial charge in [-0.2, -0.15) is 4.98 Å². The molecule has 76 valence electrons. The van der Waals surface area contributed by atoms with E-state index in [4.69, 9.17) is 10.3 Å². The average molecular weight is 194 g/mol. The van der Waals surface area contributed by atoms with E-state index in [1.54, 1.807) is 0 Å². The van der Waals surface area contributed by atoms with E-state index in [0.717, 1.165) is 31.3 Å². The monoisotopic (exact) mass is 194 g/mol. The number of rotatable bonds is 3. The van der Waals surface area contributed by atoms with Crippen molar-refractivity contribution in [1.82, 2.24) is 15.0 Å². The molecule has 1 saturated heterocycles. The van der Waals surface area contributed by atoms with Gasteiger partial charge in [0.15, 0.2) is 5.82 Å². The zero-order valence-electron chi connectivity index (χ0n) is 8.02. The minimum absolute atomic E-state index is 0.338. The molecule has 0 amide bonds. The van der Waals surface area contributed by atoms with Crippen molar-refractivity contribution in [3.8, 4) is 0 Å². The molecule has 14 heavy (non-hydrogen) atoms. The minimum Gasteiger partial charge on any atom is -0.339 e. The molecule has 0 radical (unpaired) electrons. The lowest BCUT2D eigenvalue weighted by Gasteiger charge is -2.35. The summed E-state index contributed by atoms with van der Waals surface area (Å²) in [5, 5.41) is 3.96. The van der Waals surface area contributed by atoms with Crippen LogP contribution in [0.25, 0.3) is 0 Å². The predicted molar refractivity (Wildman–Crippen MR) is 49.5 cm³/mol. The summed E-state index contributed by atoms with van der Waals surface area (Å²) >= 11 is 0. The summed E-state index contributed by atoms with van der Waals surface area (Å²) in [7, 11) is 0. The molecule has 5 heteroatoms. The third-order valence-electron chi connectivity index (χ3n) is 2.76. The van der Waals surface area contributed by atoms with Crippen molar-refractivity contribution >= 4 is 0 Å². The molecule has 1 aromatic rings. The average Bonchev–Trinajstić information content (AvgIpc) is 2.86. The Morgan fingerprint density at radius 2 is 2.21 bits per heavy atom. The van der Waals surface area contributed by atoms with Crippen molar-refractivity contribution in [2.45, 2.75) is 31.3 Å². The van der Waals surface area contributed by atoms with E-state index in [-0.39, 0.29) is 0 Å². The van der Waals surface area contributed by atoms with Gasteiger partial charge in [0.05, 0.1) is 6.54 Å². The quantitative estimate of drug-likeness (QED) is 0.738. The van der Waals surface area contributed by atoms with Crippen molar-refractivity contribution in [3.63, 3.8) is 0 Å². The largest absolute Gasteiger partial charge is 0.339 e. The maximum Gasteiger partial charge on any atom is 0.229 e. The fourth-order valence-corrected chi connectivity index (χ4v) is 1.77. The van der Waals surface area contributed by atoms with E-state index in [2.05, 4.69) is 15.0 Å². The van der Waals surface area contributed by atoms with Crippen LogP contribution >= 0.6 is 0 Å². The van der Waals surface area contributed by atoms with Crippen LogP contribution in [0, 0.1) is 0 Å². The molecular formula is C9H14N4O. The fraction of sp³-hybridized carbons (Fsp3) is 0.778. The lowest BCUT2D eigenvalue weighted by atomic mass is 10.1. The lowest BCUT2D eigenvalue weighted by Crippen LogP contribution is -2.55. The topological polar surface area (TPSA) is 68.2 Å². The number of nitrogens with two attached hydrogens (primary N) is 1. The van der Waals surface area contributed by atoms with E-state index in [9.17, 15) is 0 Å². The van der Waals surface area contributed by atoms with Gasteiger partial charge in [0.25, 0.3) is 0 Å². The molecule has 0 unspecified atom stereocenters. The summed E-state index contributed by atoms with van der Waals surface area (Å²) in [5.41, 5.74) is 5.68. The van der Waals surface area contributed by atoms with Crippen molar-refractivity contribution in [3.05, 3.63) is 11.7 Å². The molecule has 1 aromatic heterocycles. The normalized spacial score (nSPS) is 23.8. The molecule has 2 aliphatic rings.